The maximum absolute atomic E-state index is 13.4. The van der Waals surface area contributed by atoms with Crippen LogP contribution in [0.5, 0.6) is 17.4 Å². The van der Waals surface area contributed by atoms with Gasteiger partial charge in [-0.15, -0.1) is 0 Å². The predicted molar refractivity (Wildman–Crippen MR) is 166 cm³/mol. The number of piperidine rings is 1. The van der Waals surface area contributed by atoms with E-state index in [2.05, 4.69) is 20.2 Å². The van der Waals surface area contributed by atoms with Crippen molar-refractivity contribution in [2.45, 2.75) is 64.8 Å². The second-order valence-corrected chi connectivity index (χ2v) is 12.6. The monoisotopic (exact) mass is 601 g/mol. The van der Waals surface area contributed by atoms with Crippen LogP contribution in [0.4, 0.5) is 5.95 Å². The lowest BCUT2D eigenvalue weighted by Gasteiger charge is -2.37. The summed E-state index contributed by atoms with van der Waals surface area (Å²) in [5.74, 6) is 0.0403. The zero-order chi connectivity index (χ0) is 31.6. The first kappa shape index (κ1) is 31.1. The molecule has 0 atom stereocenters. The summed E-state index contributed by atoms with van der Waals surface area (Å²) in [6.07, 6.45) is 3.77. The molecular weight excluding hydrogens is 562 g/mol. The number of ether oxygens (including phenoxy) is 1. The number of carbonyl (C=O) groups is 2. The van der Waals surface area contributed by atoms with Crippen LogP contribution in [0.1, 0.15) is 66.8 Å². The molecule has 1 saturated heterocycles. The molecule has 0 aliphatic carbocycles. The molecule has 1 aliphatic rings. The first-order valence-electron chi connectivity index (χ1n) is 14.7. The number of phenolic OH excluding ortho intramolecular Hbond substituents is 1. The lowest BCUT2D eigenvalue weighted by molar-refractivity contribution is -0.0136. The number of rotatable bonds is 10. The van der Waals surface area contributed by atoms with Crippen LogP contribution in [0.3, 0.4) is 0 Å². The maximum atomic E-state index is 13.4. The van der Waals surface area contributed by atoms with Crippen molar-refractivity contribution in [1.82, 2.24) is 19.4 Å². The summed E-state index contributed by atoms with van der Waals surface area (Å²) in [6, 6.07) is 13.4. The third kappa shape index (κ3) is 7.24. The number of aromatic hydroxyl groups is 1. The van der Waals surface area contributed by atoms with E-state index < -0.39 is 17.1 Å². The van der Waals surface area contributed by atoms with E-state index >= 15 is 0 Å². The largest absolute Gasteiger partial charge is 0.507 e. The van der Waals surface area contributed by atoms with E-state index in [4.69, 9.17) is 4.74 Å². The molecule has 0 unspecified atom stereocenters. The van der Waals surface area contributed by atoms with Crippen molar-refractivity contribution >= 4 is 29.2 Å². The predicted octanol–water partition coefficient (Wildman–Crippen LogP) is 4.75. The van der Waals surface area contributed by atoms with Crippen LogP contribution in [0.2, 0.25) is 0 Å². The molecule has 5 rings (SSSR count). The van der Waals surface area contributed by atoms with Crippen LogP contribution in [0.25, 0.3) is 11.0 Å². The number of anilines is 1. The molecule has 0 radical (unpaired) electrons. The molecule has 3 heterocycles. The Kier molecular flexibility index (Phi) is 8.73. The number of aliphatic hydroxyl groups is 2. The van der Waals surface area contributed by atoms with E-state index in [0.717, 1.165) is 43.6 Å². The molecule has 44 heavy (non-hydrogen) atoms. The second kappa shape index (κ2) is 12.4. The Morgan fingerprint density at radius 1 is 1.09 bits per heavy atom. The number of aromatic nitrogens is 3. The van der Waals surface area contributed by atoms with Crippen molar-refractivity contribution in [1.29, 1.82) is 0 Å². The van der Waals surface area contributed by atoms with Crippen molar-refractivity contribution in [3.63, 3.8) is 0 Å². The van der Waals surface area contributed by atoms with Crippen LogP contribution < -0.4 is 10.1 Å². The number of fused-ring (bicyclic) bond motifs is 1. The van der Waals surface area contributed by atoms with E-state index in [9.17, 15) is 24.9 Å². The highest BCUT2D eigenvalue weighted by Crippen LogP contribution is 2.31. The summed E-state index contributed by atoms with van der Waals surface area (Å²) in [5.41, 5.74) is 1.01. The number of imidazole rings is 1. The van der Waals surface area contributed by atoms with E-state index in [1.54, 1.807) is 18.4 Å². The van der Waals surface area contributed by atoms with Gasteiger partial charge in [0.05, 0.1) is 34.3 Å². The van der Waals surface area contributed by atoms with E-state index in [1.165, 1.54) is 36.5 Å². The molecule has 1 aliphatic heterocycles. The van der Waals surface area contributed by atoms with Gasteiger partial charge in [-0.05, 0) is 95.4 Å². The van der Waals surface area contributed by atoms with Gasteiger partial charge in [0.1, 0.15) is 11.5 Å². The Balaban J connectivity index is 1.37. The van der Waals surface area contributed by atoms with Gasteiger partial charge in [0.2, 0.25) is 11.8 Å². The molecule has 1 amide bonds. The molecule has 11 heteroatoms. The fourth-order valence-electron chi connectivity index (χ4n) is 5.60. The highest BCUT2D eigenvalue weighted by atomic mass is 16.5. The average molecular weight is 602 g/mol. The van der Waals surface area contributed by atoms with Crippen molar-refractivity contribution in [3.05, 3.63) is 71.4 Å². The highest BCUT2D eigenvalue weighted by molar-refractivity contribution is 6.04. The Hall–Kier alpha value is -4.32. The summed E-state index contributed by atoms with van der Waals surface area (Å²) in [5, 5.41) is 33.9. The van der Waals surface area contributed by atoms with Gasteiger partial charge in [0, 0.05) is 24.4 Å². The lowest BCUT2D eigenvalue weighted by atomic mass is 9.83. The van der Waals surface area contributed by atoms with E-state index in [0.29, 0.717) is 11.8 Å². The number of hydrogen-bond donors (Lipinski definition) is 4. The summed E-state index contributed by atoms with van der Waals surface area (Å²) < 4.78 is 7.51. The Morgan fingerprint density at radius 2 is 1.84 bits per heavy atom. The summed E-state index contributed by atoms with van der Waals surface area (Å²) in [6.45, 7) is 9.89. The normalized spacial score (nSPS) is 15.0. The van der Waals surface area contributed by atoms with Crippen LogP contribution in [-0.4, -0.2) is 71.2 Å². The number of amides is 1. The standard InChI is InChI=1S/C33H39N5O6/c1-32(2,42)20-38-26-16-21(18-37-14-11-23(12-15-37)33(3,4)43)8-9-25(26)35-31(38)36-30(41)22-10-13-34-29(17-22)44-28-7-5-6-27(40)24(28)19-39/h5-10,13,16-17,19,23,40,42-43H,11-12,14-15,18,20H2,1-4H3,(H,35,36,41). The molecule has 0 bridgehead atoms. The number of hydrogen-bond acceptors (Lipinski definition) is 9. The maximum Gasteiger partial charge on any atom is 0.258 e. The molecule has 0 spiro atoms. The van der Waals surface area contributed by atoms with E-state index in [1.807, 2.05) is 32.0 Å². The quantitative estimate of drug-likeness (QED) is 0.189. The van der Waals surface area contributed by atoms with Gasteiger partial charge in [-0.1, -0.05) is 12.1 Å². The van der Waals surface area contributed by atoms with Crippen LogP contribution >= 0.6 is 0 Å². The number of likely N-dealkylation sites (tertiary alicyclic amines) is 1. The minimum Gasteiger partial charge on any atom is -0.507 e. The minimum atomic E-state index is -1.09. The number of aldehydes is 1. The molecule has 2 aromatic heterocycles. The fourth-order valence-corrected chi connectivity index (χ4v) is 5.60. The molecule has 4 aromatic rings. The van der Waals surface area contributed by atoms with Crippen LogP contribution in [0.15, 0.2) is 54.7 Å². The average Bonchev–Trinajstić information content (AvgIpc) is 3.27. The number of benzene rings is 2. The van der Waals surface area contributed by atoms with Crippen molar-refractivity contribution in [3.8, 4) is 17.4 Å². The number of pyridine rings is 1. The molecular formula is C33H39N5O6. The lowest BCUT2D eigenvalue weighted by Crippen LogP contribution is -2.41. The van der Waals surface area contributed by atoms with Gasteiger partial charge in [-0.25, -0.2) is 9.97 Å². The molecule has 4 N–H and O–H groups in total. The smallest absolute Gasteiger partial charge is 0.258 e. The first-order chi connectivity index (χ1) is 20.8. The van der Waals surface area contributed by atoms with E-state index in [-0.39, 0.29) is 46.9 Å². The second-order valence-electron chi connectivity index (χ2n) is 12.6. The zero-order valence-corrected chi connectivity index (χ0v) is 25.4. The van der Waals surface area contributed by atoms with Crippen molar-refractivity contribution < 1.29 is 29.6 Å². The van der Waals surface area contributed by atoms with Gasteiger partial charge < -0.3 is 24.6 Å². The van der Waals surface area contributed by atoms with Crippen LogP contribution in [-0.2, 0) is 13.1 Å². The number of nitrogens with zero attached hydrogens (tertiary/aromatic N) is 4. The molecule has 1 fully saturated rings. The molecule has 2 aromatic carbocycles. The van der Waals surface area contributed by atoms with Gasteiger partial charge >= 0.3 is 0 Å². The van der Waals surface area contributed by atoms with Gasteiger partial charge in [-0.3, -0.25) is 19.8 Å². The number of phenols is 1. The Morgan fingerprint density at radius 3 is 2.52 bits per heavy atom. The van der Waals surface area contributed by atoms with Gasteiger partial charge in [-0.2, -0.15) is 0 Å². The first-order valence-corrected chi connectivity index (χ1v) is 14.7. The Bertz CT molecular complexity index is 1660. The number of nitrogens with one attached hydrogen (secondary N) is 1. The minimum absolute atomic E-state index is 0.0255. The third-order valence-electron chi connectivity index (χ3n) is 7.95. The molecule has 11 nitrogen and oxygen atoms in total. The highest BCUT2D eigenvalue weighted by Gasteiger charge is 2.30. The summed E-state index contributed by atoms with van der Waals surface area (Å²) in [7, 11) is 0. The van der Waals surface area contributed by atoms with Crippen molar-refractivity contribution in [2.24, 2.45) is 5.92 Å². The molecule has 0 saturated carbocycles. The number of carbonyl (C=O) groups excluding carboxylic acids is 2. The topological polar surface area (TPSA) is 150 Å². The summed E-state index contributed by atoms with van der Waals surface area (Å²) >= 11 is 0. The molecule has 232 valence electrons. The SMILES string of the molecule is CC(C)(O)Cn1c(NC(=O)c2ccnc(Oc3cccc(O)c3C=O)c2)nc2ccc(CN3CCC(C(C)(C)O)CC3)cc21. The third-order valence-corrected chi connectivity index (χ3v) is 7.95. The summed E-state index contributed by atoms with van der Waals surface area (Å²) in [4.78, 5) is 36.0. The van der Waals surface area contributed by atoms with Crippen LogP contribution in [0, 0.1) is 5.92 Å². The Labute approximate surface area is 256 Å². The van der Waals surface area contributed by atoms with Gasteiger partial charge in [0.25, 0.3) is 5.91 Å². The van der Waals surface area contributed by atoms with Crippen molar-refractivity contribution in [2.75, 3.05) is 18.4 Å². The zero-order valence-electron chi connectivity index (χ0n) is 25.4. The van der Waals surface area contributed by atoms with Gasteiger partial charge in [0.15, 0.2) is 6.29 Å². The fraction of sp³-hybridized carbons (Fsp3) is 0.394.